The number of aromatic nitrogens is 2. The lowest BCUT2D eigenvalue weighted by Crippen LogP contribution is -2.40. The van der Waals surface area contributed by atoms with Gasteiger partial charge in [0.1, 0.15) is 0 Å². The zero-order valence-electron chi connectivity index (χ0n) is 10.8. The van der Waals surface area contributed by atoms with Crippen LogP contribution in [-0.2, 0) is 6.54 Å². The number of nitrogens with zero attached hydrogens (tertiary/aromatic N) is 2. The Morgan fingerprint density at radius 2 is 2.18 bits per heavy atom. The fourth-order valence-electron chi connectivity index (χ4n) is 1.43. The summed E-state index contributed by atoms with van der Waals surface area (Å²) in [7, 11) is 0. The van der Waals surface area contributed by atoms with E-state index in [1.807, 2.05) is 22.6 Å². The molecule has 0 aromatic carbocycles. The molecule has 17 heavy (non-hydrogen) atoms. The van der Waals surface area contributed by atoms with E-state index in [-0.39, 0.29) is 11.1 Å². The molecule has 0 spiro atoms. The van der Waals surface area contributed by atoms with Crippen LogP contribution in [0.4, 0.5) is 0 Å². The van der Waals surface area contributed by atoms with Crippen LogP contribution >= 0.6 is 22.6 Å². The van der Waals surface area contributed by atoms with E-state index in [9.17, 15) is 4.79 Å². The molecule has 0 aliphatic carbocycles. The van der Waals surface area contributed by atoms with Crippen molar-refractivity contribution in [3.8, 4) is 0 Å². The Morgan fingerprint density at radius 3 is 2.76 bits per heavy atom. The van der Waals surface area contributed by atoms with Gasteiger partial charge >= 0.3 is 0 Å². The molecule has 0 fully saturated rings. The summed E-state index contributed by atoms with van der Waals surface area (Å²) in [5, 5.41) is 3.44. The molecule has 96 valence electrons. The molecule has 1 aromatic heterocycles. The molecule has 0 saturated carbocycles. The van der Waals surface area contributed by atoms with E-state index < -0.39 is 0 Å². The Bertz CT molecular complexity index is 422. The van der Waals surface area contributed by atoms with Gasteiger partial charge in [0.05, 0.1) is 9.90 Å². The van der Waals surface area contributed by atoms with E-state index in [0.29, 0.717) is 16.0 Å². The Morgan fingerprint density at radius 1 is 1.53 bits per heavy atom. The summed E-state index contributed by atoms with van der Waals surface area (Å²) < 4.78 is 2.35. The monoisotopic (exact) mass is 349 g/mol. The molecule has 1 heterocycles. The van der Waals surface area contributed by atoms with Crippen LogP contribution in [0, 0.1) is 9.49 Å². The highest BCUT2D eigenvalue weighted by molar-refractivity contribution is 14.1. The van der Waals surface area contributed by atoms with Gasteiger partial charge in [-0.2, -0.15) is 0 Å². The molecule has 0 aliphatic heterocycles. The molecular weight excluding hydrogens is 329 g/mol. The predicted molar refractivity (Wildman–Crippen MR) is 78.1 cm³/mol. The highest BCUT2D eigenvalue weighted by Gasteiger charge is 2.12. The van der Waals surface area contributed by atoms with E-state index in [2.05, 4.69) is 38.0 Å². The minimum atomic E-state index is 0.0446. The highest BCUT2D eigenvalue weighted by Crippen LogP contribution is 2.03. The van der Waals surface area contributed by atoms with E-state index >= 15 is 0 Å². The first-order chi connectivity index (χ1) is 7.79. The van der Waals surface area contributed by atoms with Crippen LogP contribution in [-0.4, -0.2) is 21.6 Å². The second-order valence-corrected chi connectivity index (χ2v) is 6.60. The van der Waals surface area contributed by atoms with Gasteiger partial charge in [-0.25, -0.2) is 4.98 Å². The van der Waals surface area contributed by atoms with Crippen molar-refractivity contribution in [2.24, 2.45) is 5.92 Å². The molecular formula is C12H20IN3O. The summed E-state index contributed by atoms with van der Waals surface area (Å²) >= 11 is 2.02. The molecule has 0 amide bonds. The predicted octanol–water partition coefficient (Wildman–Crippen LogP) is 1.87. The van der Waals surface area contributed by atoms with Crippen molar-refractivity contribution < 1.29 is 0 Å². The van der Waals surface area contributed by atoms with Gasteiger partial charge in [0.15, 0.2) is 0 Å². The van der Waals surface area contributed by atoms with Gasteiger partial charge in [0.2, 0.25) is 0 Å². The molecule has 1 unspecified atom stereocenters. The van der Waals surface area contributed by atoms with Crippen LogP contribution in [0.25, 0.3) is 0 Å². The standard InChI is InChI=1S/C12H20IN3O/c1-9(5-15-12(2,3)4)7-16-8-14-6-10(13)11(16)17/h6,8-9,15H,5,7H2,1-4H3. The first kappa shape index (κ1) is 14.6. The maximum atomic E-state index is 11.8. The normalized spacial score (nSPS) is 13.7. The van der Waals surface area contributed by atoms with Crippen LogP contribution in [0.2, 0.25) is 0 Å². The second kappa shape index (κ2) is 5.95. The third-order valence-corrected chi connectivity index (χ3v) is 3.09. The Balaban J connectivity index is 2.60. The van der Waals surface area contributed by atoms with Crippen molar-refractivity contribution in [1.82, 2.24) is 14.9 Å². The van der Waals surface area contributed by atoms with Gasteiger partial charge < -0.3 is 5.32 Å². The molecule has 1 rings (SSSR count). The third kappa shape index (κ3) is 5.16. The molecule has 1 N–H and O–H groups in total. The van der Waals surface area contributed by atoms with Crippen molar-refractivity contribution in [2.45, 2.75) is 39.8 Å². The molecule has 5 heteroatoms. The van der Waals surface area contributed by atoms with E-state index in [4.69, 9.17) is 0 Å². The van der Waals surface area contributed by atoms with Crippen molar-refractivity contribution in [3.05, 3.63) is 26.4 Å². The van der Waals surface area contributed by atoms with Gasteiger partial charge in [-0.05, 0) is 55.8 Å². The summed E-state index contributed by atoms with van der Waals surface area (Å²) in [5.41, 5.74) is 0.158. The number of rotatable bonds is 4. The summed E-state index contributed by atoms with van der Waals surface area (Å²) in [6.07, 6.45) is 3.20. The topological polar surface area (TPSA) is 46.9 Å². The van der Waals surface area contributed by atoms with Crippen LogP contribution in [0.1, 0.15) is 27.7 Å². The maximum Gasteiger partial charge on any atom is 0.266 e. The average molecular weight is 349 g/mol. The molecule has 1 atom stereocenters. The van der Waals surface area contributed by atoms with Gasteiger partial charge in [0.25, 0.3) is 5.56 Å². The van der Waals surface area contributed by atoms with Gasteiger partial charge in [-0.15, -0.1) is 0 Å². The minimum Gasteiger partial charge on any atom is -0.312 e. The van der Waals surface area contributed by atoms with Gasteiger partial charge in [-0.1, -0.05) is 6.92 Å². The quantitative estimate of drug-likeness (QED) is 0.845. The third-order valence-electron chi connectivity index (χ3n) is 2.35. The summed E-state index contributed by atoms with van der Waals surface area (Å²) in [6.45, 7) is 10.1. The van der Waals surface area contributed by atoms with E-state index in [1.165, 1.54) is 0 Å². The van der Waals surface area contributed by atoms with E-state index in [0.717, 1.165) is 6.54 Å². The fraction of sp³-hybridized carbons (Fsp3) is 0.667. The molecule has 0 saturated heterocycles. The molecule has 4 nitrogen and oxygen atoms in total. The maximum absolute atomic E-state index is 11.8. The van der Waals surface area contributed by atoms with Crippen LogP contribution in [0.3, 0.4) is 0 Å². The lowest BCUT2D eigenvalue weighted by Gasteiger charge is -2.23. The zero-order chi connectivity index (χ0) is 13.1. The minimum absolute atomic E-state index is 0.0446. The van der Waals surface area contributed by atoms with Crippen LogP contribution in [0.5, 0.6) is 0 Å². The number of hydrogen-bond acceptors (Lipinski definition) is 3. The summed E-state index contributed by atoms with van der Waals surface area (Å²) in [6, 6.07) is 0. The van der Waals surface area contributed by atoms with E-state index in [1.54, 1.807) is 17.1 Å². The lowest BCUT2D eigenvalue weighted by atomic mass is 10.1. The Labute approximate surface area is 116 Å². The molecule has 1 aromatic rings. The van der Waals surface area contributed by atoms with Crippen molar-refractivity contribution >= 4 is 22.6 Å². The van der Waals surface area contributed by atoms with Crippen molar-refractivity contribution in [3.63, 3.8) is 0 Å². The average Bonchev–Trinajstić information content (AvgIpc) is 2.21. The van der Waals surface area contributed by atoms with Crippen LogP contribution < -0.4 is 10.9 Å². The molecule has 0 radical (unpaired) electrons. The van der Waals surface area contributed by atoms with Crippen LogP contribution in [0.15, 0.2) is 17.3 Å². The first-order valence-electron chi connectivity index (χ1n) is 5.74. The first-order valence-corrected chi connectivity index (χ1v) is 6.82. The summed E-state index contributed by atoms with van der Waals surface area (Å²) in [4.78, 5) is 15.8. The van der Waals surface area contributed by atoms with Gasteiger partial charge in [-0.3, -0.25) is 9.36 Å². The zero-order valence-corrected chi connectivity index (χ0v) is 13.0. The number of halogens is 1. The molecule has 0 aliphatic rings. The lowest BCUT2D eigenvalue weighted by molar-refractivity contribution is 0.357. The van der Waals surface area contributed by atoms with Crippen molar-refractivity contribution in [2.75, 3.05) is 6.54 Å². The number of hydrogen-bond donors (Lipinski definition) is 1. The van der Waals surface area contributed by atoms with Crippen molar-refractivity contribution in [1.29, 1.82) is 0 Å². The second-order valence-electron chi connectivity index (χ2n) is 5.44. The Kier molecular flexibility index (Phi) is 5.12. The Hall–Kier alpha value is -0.430. The fourth-order valence-corrected chi connectivity index (χ4v) is 1.91. The highest BCUT2D eigenvalue weighted by atomic mass is 127. The molecule has 0 bridgehead atoms. The van der Waals surface area contributed by atoms with Gasteiger partial charge in [0, 0.05) is 18.3 Å². The SMILES string of the molecule is CC(CNC(C)(C)C)Cn1cncc(I)c1=O. The smallest absolute Gasteiger partial charge is 0.266 e. The largest absolute Gasteiger partial charge is 0.312 e. The number of nitrogens with one attached hydrogen (secondary N) is 1. The summed E-state index contributed by atoms with van der Waals surface area (Å²) in [5.74, 6) is 0.395.